The summed E-state index contributed by atoms with van der Waals surface area (Å²) in [7, 11) is 3.64. The Hall–Kier alpha value is -0.220. The molecule has 3 nitrogen and oxygen atoms in total. The van der Waals surface area contributed by atoms with E-state index in [4.69, 9.17) is 0 Å². The van der Waals surface area contributed by atoms with Crippen molar-refractivity contribution in [1.82, 2.24) is 10.2 Å². The first-order valence-electron chi connectivity index (χ1n) is 7.06. The lowest BCUT2D eigenvalue weighted by Crippen LogP contribution is -2.39. The highest BCUT2D eigenvalue weighted by atomic mass is 32.2. The summed E-state index contributed by atoms with van der Waals surface area (Å²) in [5, 5.41) is 3.55. The van der Waals surface area contributed by atoms with E-state index in [0.717, 1.165) is 19.5 Å². The number of amides is 1. The van der Waals surface area contributed by atoms with E-state index in [0.29, 0.717) is 11.2 Å². The van der Waals surface area contributed by atoms with Gasteiger partial charge in [0.2, 0.25) is 5.91 Å². The topological polar surface area (TPSA) is 32.3 Å². The summed E-state index contributed by atoms with van der Waals surface area (Å²) in [6, 6.07) is 0. The molecule has 0 saturated heterocycles. The second-order valence-corrected chi connectivity index (χ2v) is 6.79. The highest BCUT2D eigenvalue weighted by Gasteiger charge is 2.30. The lowest BCUT2D eigenvalue weighted by Gasteiger charge is -2.36. The third-order valence-corrected chi connectivity index (χ3v) is 5.31. The summed E-state index contributed by atoms with van der Waals surface area (Å²) in [6.45, 7) is 2.06. The molecule has 1 fully saturated rings. The van der Waals surface area contributed by atoms with Crippen molar-refractivity contribution in [2.24, 2.45) is 0 Å². The number of hydrogen-bond donors (Lipinski definition) is 1. The third kappa shape index (κ3) is 5.19. The molecule has 0 unspecified atom stereocenters. The Kier molecular flexibility index (Phi) is 7.08. The van der Waals surface area contributed by atoms with Gasteiger partial charge in [-0.3, -0.25) is 4.79 Å². The van der Waals surface area contributed by atoms with Gasteiger partial charge in [0, 0.05) is 31.8 Å². The van der Waals surface area contributed by atoms with Gasteiger partial charge in [-0.1, -0.05) is 19.3 Å². The van der Waals surface area contributed by atoms with Crippen molar-refractivity contribution in [1.29, 1.82) is 0 Å². The number of nitrogens with zero attached hydrogens (tertiary/aromatic N) is 1. The largest absolute Gasteiger partial charge is 0.349 e. The predicted octanol–water partition coefficient (Wildman–Crippen LogP) is 2.51. The highest BCUT2D eigenvalue weighted by molar-refractivity contribution is 8.00. The van der Waals surface area contributed by atoms with Gasteiger partial charge in [-0.15, -0.1) is 0 Å². The zero-order valence-electron chi connectivity index (χ0n) is 12.1. The van der Waals surface area contributed by atoms with Gasteiger partial charge in [0.15, 0.2) is 0 Å². The van der Waals surface area contributed by atoms with Crippen molar-refractivity contribution < 1.29 is 4.79 Å². The first-order chi connectivity index (χ1) is 8.59. The quantitative estimate of drug-likeness (QED) is 0.723. The van der Waals surface area contributed by atoms with Crippen LogP contribution in [0.5, 0.6) is 0 Å². The van der Waals surface area contributed by atoms with E-state index in [9.17, 15) is 4.79 Å². The van der Waals surface area contributed by atoms with Gasteiger partial charge < -0.3 is 10.2 Å². The number of thioether (sulfide) groups is 1. The fraction of sp³-hybridized carbons (Fsp3) is 0.929. The molecule has 0 atom stereocenters. The summed E-state index contributed by atoms with van der Waals surface area (Å²) in [5.41, 5.74) is 0. The number of nitrogens with one attached hydrogen (secondary N) is 1. The van der Waals surface area contributed by atoms with Crippen molar-refractivity contribution >= 4 is 17.7 Å². The predicted molar refractivity (Wildman–Crippen MR) is 80.1 cm³/mol. The van der Waals surface area contributed by atoms with Crippen molar-refractivity contribution in [3.8, 4) is 0 Å². The van der Waals surface area contributed by atoms with E-state index in [1.54, 1.807) is 4.90 Å². The van der Waals surface area contributed by atoms with Gasteiger partial charge in [-0.25, -0.2) is 0 Å². The van der Waals surface area contributed by atoms with Gasteiger partial charge in [0.05, 0.1) is 0 Å². The molecule has 0 radical (unpaired) electrons. The Balaban J connectivity index is 2.14. The van der Waals surface area contributed by atoms with Crippen molar-refractivity contribution in [2.45, 2.75) is 49.7 Å². The second-order valence-electron chi connectivity index (χ2n) is 5.52. The van der Waals surface area contributed by atoms with Crippen molar-refractivity contribution in [2.75, 3.05) is 33.4 Å². The lowest BCUT2D eigenvalue weighted by molar-refractivity contribution is -0.128. The molecule has 106 valence electrons. The average Bonchev–Trinajstić information content (AvgIpc) is 2.39. The highest BCUT2D eigenvalue weighted by Crippen LogP contribution is 2.37. The third-order valence-electron chi connectivity index (χ3n) is 3.89. The number of hydrogen-bond acceptors (Lipinski definition) is 3. The van der Waals surface area contributed by atoms with Gasteiger partial charge in [-0.05, 0) is 32.1 Å². The van der Waals surface area contributed by atoms with Gasteiger partial charge in [0.1, 0.15) is 0 Å². The zero-order chi connectivity index (χ0) is 13.4. The van der Waals surface area contributed by atoms with Crippen LogP contribution >= 0.6 is 11.8 Å². The first-order valence-corrected chi connectivity index (χ1v) is 8.28. The molecule has 1 amide bonds. The minimum Gasteiger partial charge on any atom is -0.349 e. The van der Waals surface area contributed by atoms with E-state index in [2.05, 4.69) is 11.6 Å². The average molecular weight is 272 g/mol. The zero-order valence-corrected chi connectivity index (χ0v) is 12.9. The van der Waals surface area contributed by atoms with E-state index in [-0.39, 0.29) is 5.91 Å². The fourth-order valence-corrected chi connectivity index (χ4v) is 3.50. The Morgan fingerprint density at radius 2 is 1.94 bits per heavy atom. The molecule has 0 aromatic heterocycles. The summed E-state index contributed by atoms with van der Waals surface area (Å²) >= 11 is 2.02. The number of rotatable bonds is 7. The Morgan fingerprint density at radius 3 is 2.50 bits per heavy atom. The summed E-state index contributed by atoms with van der Waals surface area (Å²) in [6.07, 6.45) is 10.7. The summed E-state index contributed by atoms with van der Waals surface area (Å²) in [4.78, 5) is 13.1. The molecule has 0 aromatic carbocycles. The SMILES string of the molecule is CSC1(CNCCCC(=O)N(C)C)CCCCC1. The molecule has 1 saturated carbocycles. The van der Waals surface area contributed by atoms with Crippen LogP contribution in [0.4, 0.5) is 0 Å². The Bertz CT molecular complexity index is 250. The van der Waals surface area contributed by atoms with Crippen molar-refractivity contribution in [3.63, 3.8) is 0 Å². The smallest absolute Gasteiger partial charge is 0.222 e. The van der Waals surface area contributed by atoms with Crippen LogP contribution in [0.3, 0.4) is 0 Å². The maximum absolute atomic E-state index is 11.4. The van der Waals surface area contributed by atoms with Crippen LogP contribution < -0.4 is 5.32 Å². The molecule has 1 N–H and O–H groups in total. The molecule has 0 bridgehead atoms. The van der Waals surface area contributed by atoms with Gasteiger partial charge >= 0.3 is 0 Å². The maximum atomic E-state index is 11.4. The molecule has 1 aliphatic rings. The molecule has 18 heavy (non-hydrogen) atoms. The van der Waals surface area contributed by atoms with Crippen LogP contribution in [0, 0.1) is 0 Å². The second kappa shape index (κ2) is 8.05. The van der Waals surface area contributed by atoms with Crippen LogP contribution in [0.1, 0.15) is 44.9 Å². The van der Waals surface area contributed by atoms with Crippen LogP contribution in [0.15, 0.2) is 0 Å². The summed E-state index contributed by atoms with van der Waals surface area (Å²) < 4.78 is 0.462. The minimum absolute atomic E-state index is 0.231. The van der Waals surface area contributed by atoms with E-state index >= 15 is 0 Å². The minimum atomic E-state index is 0.231. The molecular formula is C14H28N2OS. The van der Waals surface area contributed by atoms with Crippen LogP contribution in [-0.4, -0.2) is 49.0 Å². The molecular weight excluding hydrogens is 244 g/mol. The summed E-state index contributed by atoms with van der Waals surface area (Å²) in [5.74, 6) is 0.231. The molecule has 1 aliphatic carbocycles. The van der Waals surface area contributed by atoms with Crippen molar-refractivity contribution in [3.05, 3.63) is 0 Å². The van der Waals surface area contributed by atoms with Crippen LogP contribution in [-0.2, 0) is 4.79 Å². The standard InChI is InChI=1S/C14H28N2OS/c1-16(2)13(17)8-7-11-15-12-14(18-3)9-5-4-6-10-14/h15H,4-12H2,1-3H3. The molecule has 1 rings (SSSR count). The Morgan fingerprint density at radius 1 is 1.28 bits per heavy atom. The Labute approximate surface area is 116 Å². The normalized spacial score (nSPS) is 18.6. The molecule has 0 heterocycles. The monoisotopic (exact) mass is 272 g/mol. The van der Waals surface area contributed by atoms with Gasteiger partial charge in [-0.2, -0.15) is 11.8 Å². The first kappa shape index (κ1) is 15.8. The maximum Gasteiger partial charge on any atom is 0.222 e. The molecule has 0 spiro atoms. The lowest BCUT2D eigenvalue weighted by atomic mass is 9.88. The number of carbonyl (C=O) groups is 1. The van der Waals surface area contributed by atoms with E-state index in [1.807, 2.05) is 25.9 Å². The molecule has 0 aliphatic heterocycles. The van der Waals surface area contributed by atoms with E-state index < -0.39 is 0 Å². The molecule has 0 aromatic rings. The fourth-order valence-electron chi connectivity index (χ4n) is 2.55. The van der Waals surface area contributed by atoms with Crippen LogP contribution in [0.2, 0.25) is 0 Å². The van der Waals surface area contributed by atoms with E-state index in [1.165, 1.54) is 32.1 Å². The van der Waals surface area contributed by atoms with Crippen LogP contribution in [0.25, 0.3) is 0 Å². The molecule has 4 heteroatoms. The van der Waals surface area contributed by atoms with Gasteiger partial charge in [0.25, 0.3) is 0 Å². The number of carbonyl (C=O) groups excluding carboxylic acids is 1.